The van der Waals surface area contributed by atoms with Crippen LogP contribution in [0.2, 0.25) is 0 Å². The Morgan fingerprint density at radius 2 is 2.07 bits per heavy atom. The molecule has 0 radical (unpaired) electrons. The van der Waals surface area contributed by atoms with Crippen molar-refractivity contribution in [3.05, 3.63) is 41.5 Å². The maximum absolute atomic E-state index is 12.0. The number of nitrogens with zero attached hydrogens (tertiary/aromatic N) is 3. The quantitative estimate of drug-likeness (QED) is 0.635. The van der Waals surface area contributed by atoms with Crippen LogP contribution in [0.25, 0.3) is 21.3 Å². The van der Waals surface area contributed by atoms with Gasteiger partial charge < -0.3 is 10.1 Å². The number of fused-ring (bicyclic) bond motifs is 1. The normalized spacial score (nSPS) is 16.6. The number of hydrogen-bond donors (Lipinski definition) is 1. The Balaban J connectivity index is 1.65. The highest BCUT2D eigenvalue weighted by Gasteiger charge is 2.27. The summed E-state index contributed by atoms with van der Waals surface area (Å²) < 4.78 is 30.8. The van der Waals surface area contributed by atoms with Gasteiger partial charge in [-0.2, -0.15) is 0 Å². The number of thiophene rings is 1. The first-order valence-corrected chi connectivity index (χ1v) is 11.6. The molecule has 3 aromatic rings. The Bertz CT molecular complexity index is 1070. The summed E-state index contributed by atoms with van der Waals surface area (Å²) in [5.41, 5.74) is 2.17. The van der Waals surface area contributed by atoms with E-state index in [0.29, 0.717) is 44.3 Å². The third-order valence-electron chi connectivity index (χ3n) is 4.69. The first kappa shape index (κ1) is 19.3. The second kappa shape index (κ2) is 8.12. The number of benzene rings is 1. The molecule has 0 aliphatic carbocycles. The van der Waals surface area contributed by atoms with Crippen molar-refractivity contribution >= 4 is 37.4 Å². The fraction of sp³-hybridized carbons (Fsp3) is 0.368. The van der Waals surface area contributed by atoms with Crippen LogP contribution in [0.3, 0.4) is 0 Å². The molecule has 1 aliphatic heterocycles. The first-order valence-electron chi connectivity index (χ1n) is 9.12. The standard InChI is InChI=1S/C19H22N4O3S2/c1-26-12-16-21-18(20-8-10-23-9-5-11-28(23,24)25)17-15(13-27-19(17)22-16)14-6-3-2-4-7-14/h2-4,6-7,13H,5,8-12H2,1H3,(H,20,21,22). The summed E-state index contributed by atoms with van der Waals surface area (Å²) >= 11 is 1.57. The lowest BCUT2D eigenvalue weighted by Gasteiger charge is -2.16. The molecule has 28 heavy (non-hydrogen) atoms. The topological polar surface area (TPSA) is 84.4 Å². The van der Waals surface area contributed by atoms with E-state index in [-0.39, 0.29) is 5.75 Å². The van der Waals surface area contributed by atoms with E-state index in [2.05, 4.69) is 32.8 Å². The zero-order valence-corrected chi connectivity index (χ0v) is 17.2. The molecular weight excluding hydrogens is 396 g/mol. The number of hydrogen-bond acceptors (Lipinski definition) is 7. The van der Waals surface area contributed by atoms with E-state index in [0.717, 1.165) is 21.3 Å². The van der Waals surface area contributed by atoms with E-state index in [1.54, 1.807) is 22.8 Å². The van der Waals surface area contributed by atoms with Crippen molar-refractivity contribution < 1.29 is 13.2 Å². The van der Waals surface area contributed by atoms with Crippen molar-refractivity contribution in [1.82, 2.24) is 14.3 Å². The van der Waals surface area contributed by atoms with Crippen LogP contribution in [0.4, 0.5) is 5.82 Å². The first-order chi connectivity index (χ1) is 13.6. The minimum absolute atomic E-state index is 0.241. The van der Waals surface area contributed by atoms with E-state index >= 15 is 0 Å². The number of nitrogens with one attached hydrogen (secondary N) is 1. The Labute approximate surface area is 168 Å². The number of methoxy groups -OCH3 is 1. The van der Waals surface area contributed by atoms with Crippen LogP contribution in [0.5, 0.6) is 0 Å². The molecule has 3 heterocycles. The van der Waals surface area contributed by atoms with Gasteiger partial charge in [0.15, 0.2) is 5.82 Å². The molecule has 0 unspecified atom stereocenters. The van der Waals surface area contributed by atoms with Gasteiger partial charge in [-0.25, -0.2) is 22.7 Å². The number of aromatic nitrogens is 2. The minimum atomic E-state index is -3.10. The largest absolute Gasteiger partial charge is 0.377 e. The average molecular weight is 419 g/mol. The monoisotopic (exact) mass is 418 g/mol. The summed E-state index contributed by atoms with van der Waals surface area (Å²) in [6.07, 6.45) is 0.695. The summed E-state index contributed by atoms with van der Waals surface area (Å²) in [6, 6.07) is 10.1. The SMILES string of the molecule is COCc1nc(NCCN2CCCS2(=O)=O)c2c(-c3ccccc3)csc2n1. The van der Waals surface area contributed by atoms with Gasteiger partial charge >= 0.3 is 0 Å². The van der Waals surface area contributed by atoms with Crippen molar-refractivity contribution in [1.29, 1.82) is 0 Å². The van der Waals surface area contributed by atoms with Gasteiger partial charge in [-0.15, -0.1) is 11.3 Å². The summed E-state index contributed by atoms with van der Waals surface area (Å²) in [5.74, 6) is 1.56. The molecule has 0 spiro atoms. The van der Waals surface area contributed by atoms with Gasteiger partial charge in [0.25, 0.3) is 0 Å². The van der Waals surface area contributed by atoms with Crippen molar-refractivity contribution in [3.63, 3.8) is 0 Å². The summed E-state index contributed by atoms with van der Waals surface area (Å²) in [6.45, 7) is 1.83. The van der Waals surface area contributed by atoms with Gasteiger partial charge in [0.1, 0.15) is 17.3 Å². The molecule has 4 rings (SSSR count). The number of sulfonamides is 1. The van der Waals surface area contributed by atoms with E-state index < -0.39 is 10.0 Å². The average Bonchev–Trinajstić information content (AvgIpc) is 3.26. The van der Waals surface area contributed by atoms with Gasteiger partial charge in [-0.1, -0.05) is 30.3 Å². The van der Waals surface area contributed by atoms with Gasteiger partial charge in [-0.05, 0) is 12.0 Å². The van der Waals surface area contributed by atoms with Crippen LogP contribution in [-0.4, -0.2) is 55.2 Å². The third kappa shape index (κ3) is 3.88. The van der Waals surface area contributed by atoms with Crippen LogP contribution in [0.1, 0.15) is 12.2 Å². The molecular formula is C19H22N4O3S2. The van der Waals surface area contributed by atoms with Crippen molar-refractivity contribution in [2.24, 2.45) is 0 Å². The maximum Gasteiger partial charge on any atom is 0.214 e. The van der Waals surface area contributed by atoms with Gasteiger partial charge in [-0.3, -0.25) is 0 Å². The minimum Gasteiger partial charge on any atom is -0.377 e. The van der Waals surface area contributed by atoms with E-state index in [4.69, 9.17) is 4.74 Å². The molecule has 0 amide bonds. The molecule has 9 heteroatoms. The lowest BCUT2D eigenvalue weighted by Crippen LogP contribution is -2.30. The summed E-state index contributed by atoms with van der Waals surface area (Å²) in [4.78, 5) is 10.1. The zero-order chi connectivity index (χ0) is 19.6. The molecule has 1 aliphatic rings. The maximum atomic E-state index is 12.0. The van der Waals surface area contributed by atoms with Gasteiger partial charge in [0.2, 0.25) is 10.0 Å². The Morgan fingerprint density at radius 1 is 1.25 bits per heavy atom. The second-order valence-corrected chi connectivity index (χ2v) is 9.56. The highest BCUT2D eigenvalue weighted by molar-refractivity contribution is 7.89. The second-order valence-electron chi connectivity index (χ2n) is 6.61. The number of anilines is 1. The fourth-order valence-electron chi connectivity index (χ4n) is 3.38. The zero-order valence-electron chi connectivity index (χ0n) is 15.6. The van der Waals surface area contributed by atoms with Crippen LogP contribution >= 0.6 is 11.3 Å². The van der Waals surface area contributed by atoms with Crippen molar-refractivity contribution in [2.45, 2.75) is 13.0 Å². The molecule has 1 N–H and O–H groups in total. The molecule has 1 saturated heterocycles. The Morgan fingerprint density at radius 3 is 2.79 bits per heavy atom. The van der Waals surface area contributed by atoms with Crippen LogP contribution in [0, 0.1) is 0 Å². The third-order valence-corrected chi connectivity index (χ3v) is 7.52. The van der Waals surface area contributed by atoms with E-state index in [1.165, 1.54) is 0 Å². The predicted molar refractivity (Wildman–Crippen MR) is 112 cm³/mol. The number of rotatable bonds is 7. The van der Waals surface area contributed by atoms with E-state index in [1.807, 2.05) is 18.2 Å². The Kier molecular flexibility index (Phi) is 5.58. The molecule has 1 aromatic carbocycles. The molecule has 1 fully saturated rings. The van der Waals surface area contributed by atoms with Crippen LogP contribution < -0.4 is 5.32 Å². The molecule has 7 nitrogen and oxygen atoms in total. The van der Waals surface area contributed by atoms with Crippen molar-refractivity contribution in [3.8, 4) is 11.1 Å². The molecule has 2 aromatic heterocycles. The number of ether oxygens (including phenoxy) is 1. The fourth-order valence-corrected chi connectivity index (χ4v) is 5.87. The van der Waals surface area contributed by atoms with Crippen LogP contribution in [-0.2, 0) is 21.4 Å². The van der Waals surface area contributed by atoms with E-state index in [9.17, 15) is 8.42 Å². The molecule has 0 saturated carbocycles. The highest BCUT2D eigenvalue weighted by atomic mass is 32.2. The molecule has 0 bridgehead atoms. The molecule has 148 valence electrons. The summed E-state index contributed by atoms with van der Waals surface area (Å²) in [5, 5.41) is 6.38. The smallest absolute Gasteiger partial charge is 0.214 e. The van der Waals surface area contributed by atoms with Crippen molar-refractivity contribution in [2.75, 3.05) is 37.8 Å². The van der Waals surface area contributed by atoms with Gasteiger partial charge in [0, 0.05) is 37.7 Å². The Hall–Kier alpha value is -2.07. The predicted octanol–water partition coefficient (Wildman–Crippen LogP) is 2.95. The van der Waals surface area contributed by atoms with Crippen LogP contribution in [0.15, 0.2) is 35.7 Å². The highest BCUT2D eigenvalue weighted by Crippen LogP contribution is 2.37. The van der Waals surface area contributed by atoms with Gasteiger partial charge in [0.05, 0.1) is 11.1 Å². The lowest BCUT2D eigenvalue weighted by atomic mass is 10.1. The lowest BCUT2D eigenvalue weighted by molar-refractivity contribution is 0.178. The molecule has 0 atom stereocenters. The summed E-state index contributed by atoms with van der Waals surface area (Å²) in [7, 11) is -1.48.